The molecule has 1 unspecified atom stereocenters. The molecule has 26 heavy (non-hydrogen) atoms. The first kappa shape index (κ1) is 18.5. The van der Waals surface area contributed by atoms with Crippen molar-refractivity contribution in [2.45, 2.75) is 57.7 Å². The molecular formula is C16H20N2O8. The van der Waals surface area contributed by atoms with E-state index in [2.05, 4.69) is 0 Å². The zero-order valence-electron chi connectivity index (χ0n) is 14.1. The number of aliphatic hydroxyl groups excluding tert-OH is 1. The molecule has 2 aliphatic heterocycles. The monoisotopic (exact) mass is 368 g/mol. The van der Waals surface area contributed by atoms with E-state index in [0.29, 0.717) is 35.8 Å². The molecule has 1 atom stereocenters. The van der Waals surface area contributed by atoms with Crippen LogP contribution in [0.4, 0.5) is 0 Å². The van der Waals surface area contributed by atoms with Gasteiger partial charge in [-0.05, 0) is 25.7 Å². The van der Waals surface area contributed by atoms with Gasteiger partial charge in [0.25, 0.3) is 23.6 Å². The highest BCUT2D eigenvalue weighted by Gasteiger charge is 2.39. The van der Waals surface area contributed by atoms with E-state index in [1.807, 2.05) is 0 Å². The average Bonchev–Trinajstić information content (AvgIpc) is 3.12. The van der Waals surface area contributed by atoms with E-state index in [0.717, 1.165) is 0 Å². The second-order valence-electron chi connectivity index (χ2n) is 6.68. The summed E-state index contributed by atoms with van der Waals surface area (Å²) in [5.41, 5.74) is 0. The normalized spacial score (nSPS) is 28.0. The second-order valence-corrected chi connectivity index (χ2v) is 6.68. The summed E-state index contributed by atoms with van der Waals surface area (Å²) in [6.45, 7) is 0. The number of imide groups is 2. The molecule has 2 saturated heterocycles. The minimum Gasteiger partial charge on any atom is -0.366 e. The van der Waals surface area contributed by atoms with E-state index in [1.54, 1.807) is 0 Å². The third-order valence-corrected chi connectivity index (χ3v) is 4.91. The Morgan fingerprint density at radius 2 is 1.31 bits per heavy atom. The zero-order chi connectivity index (χ0) is 18.8. The number of carbonyl (C=O) groups excluding carboxylic acids is 5. The van der Waals surface area contributed by atoms with Gasteiger partial charge in [-0.1, -0.05) is 0 Å². The molecule has 0 aromatic carbocycles. The minimum atomic E-state index is -1.32. The van der Waals surface area contributed by atoms with E-state index in [-0.39, 0.29) is 31.6 Å². The van der Waals surface area contributed by atoms with Gasteiger partial charge < -0.3 is 9.94 Å². The van der Waals surface area contributed by atoms with E-state index >= 15 is 0 Å². The summed E-state index contributed by atoms with van der Waals surface area (Å²) in [6, 6.07) is 0. The fourth-order valence-corrected chi connectivity index (χ4v) is 3.33. The number of hydrogen-bond acceptors (Lipinski definition) is 8. The van der Waals surface area contributed by atoms with Crippen LogP contribution in [0.15, 0.2) is 0 Å². The number of nitrogens with zero attached hydrogens (tertiary/aromatic N) is 2. The highest BCUT2D eigenvalue weighted by Crippen LogP contribution is 2.33. The molecule has 3 fully saturated rings. The summed E-state index contributed by atoms with van der Waals surface area (Å²) in [4.78, 5) is 68.1. The highest BCUT2D eigenvalue weighted by molar-refractivity contribution is 6.01. The number of carbonyl (C=O) groups is 5. The summed E-state index contributed by atoms with van der Waals surface area (Å²) in [5.74, 6) is -3.49. The Labute approximate surface area is 148 Å². The highest BCUT2D eigenvalue weighted by atomic mass is 16.8. The number of rotatable bonds is 5. The maximum Gasteiger partial charge on any atom is 0.336 e. The lowest BCUT2D eigenvalue weighted by Gasteiger charge is -2.31. The lowest BCUT2D eigenvalue weighted by atomic mass is 9.82. The molecule has 0 aromatic rings. The van der Waals surface area contributed by atoms with Crippen molar-refractivity contribution in [3.8, 4) is 0 Å². The Morgan fingerprint density at radius 1 is 0.846 bits per heavy atom. The number of hydrogen-bond donors (Lipinski definition) is 1. The van der Waals surface area contributed by atoms with Crippen LogP contribution in [0.3, 0.4) is 0 Å². The number of hydroxylamine groups is 4. The second kappa shape index (κ2) is 7.50. The molecule has 0 radical (unpaired) electrons. The maximum absolute atomic E-state index is 12.1. The molecule has 0 aromatic heterocycles. The summed E-state index contributed by atoms with van der Waals surface area (Å²) in [7, 11) is 0. The van der Waals surface area contributed by atoms with Crippen molar-refractivity contribution >= 4 is 29.6 Å². The van der Waals surface area contributed by atoms with Crippen LogP contribution in [0.5, 0.6) is 0 Å². The van der Waals surface area contributed by atoms with Gasteiger partial charge in [-0.15, -0.1) is 5.06 Å². The van der Waals surface area contributed by atoms with Gasteiger partial charge in [0.05, 0.1) is 5.92 Å². The van der Waals surface area contributed by atoms with Crippen LogP contribution in [0.25, 0.3) is 0 Å². The summed E-state index contributed by atoms with van der Waals surface area (Å²) in [6.07, 6.45) is 0.477. The Balaban J connectivity index is 1.47. The van der Waals surface area contributed by atoms with Crippen LogP contribution in [-0.4, -0.2) is 51.1 Å². The Morgan fingerprint density at radius 3 is 1.81 bits per heavy atom. The lowest BCUT2D eigenvalue weighted by Crippen LogP contribution is -2.40. The molecular weight excluding hydrogens is 348 g/mol. The molecule has 3 aliphatic rings. The molecule has 2 heterocycles. The first-order chi connectivity index (χ1) is 12.4. The van der Waals surface area contributed by atoms with E-state index < -0.39 is 41.8 Å². The van der Waals surface area contributed by atoms with Crippen LogP contribution >= 0.6 is 0 Å². The molecule has 0 bridgehead atoms. The smallest absolute Gasteiger partial charge is 0.336 e. The predicted molar refractivity (Wildman–Crippen MR) is 80.8 cm³/mol. The van der Waals surface area contributed by atoms with Crippen LogP contribution < -0.4 is 0 Å². The zero-order valence-corrected chi connectivity index (χ0v) is 14.1. The van der Waals surface area contributed by atoms with Gasteiger partial charge in [-0.3, -0.25) is 19.2 Å². The van der Waals surface area contributed by atoms with Crippen molar-refractivity contribution in [2.75, 3.05) is 0 Å². The van der Waals surface area contributed by atoms with Crippen molar-refractivity contribution in [3.05, 3.63) is 0 Å². The van der Waals surface area contributed by atoms with E-state index in [4.69, 9.17) is 9.68 Å². The Hall–Kier alpha value is -2.33. The lowest BCUT2D eigenvalue weighted by molar-refractivity contribution is -0.261. The fraction of sp³-hybridized carbons (Fsp3) is 0.688. The SMILES string of the molecule is O=C1CCC(=O)N1OC(=O)[C@H]1CC[C@H](C(O)ON2C(=O)CCC2=O)CC1. The van der Waals surface area contributed by atoms with Crippen LogP contribution in [-0.2, 0) is 33.6 Å². The largest absolute Gasteiger partial charge is 0.366 e. The third-order valence-electron chi connectivity index (χ3n) is 4.91. The molecule has 1 saturated carbocycles. The third kappa shape index (κ3) is 3.75. The van der Waals surface area contributed by atoms with Crippen molar-refractivity contribution in [1.29, 1.82) is 0 Å². The number of aliphatic hydroxyl groups is 1. The summed E-state index contributed by atoms with van der Waals surface area (Å²) < 4.78 is 0. The molecule has 10 heteroatoms. The van der Waals surface area contributed by atoms with Gasteiger partial charge in [-0.25, -0.2) is 9.63 Å². The molecule has 1 aliphatic carbocycles. The topological polar surface area (TPSA) is 131 Å². The molecule has 1 N–H and O–H groups in total. The molecule has 4 amide bonds. The summed E-state index contributed by atoms with van der Waals surface area (Å²) in [5, 5.41) is 11.2. The minimum absolute atomic E-state index is 0.0380. The van der Waals surface area contributed by atoms with Crippen LogP contribution in [0.1, 0.15) is 51.4 Å². The van der Waals surface area contributed by atoms with Gasteiger partial charge in [0, 0.05) is 31.6 Å². The first-order valence-electron chi connectivity index (χ1n) is 8.65. The van der Waals surface area contributed by atoms with Gasteiger partial charge in [0.15, 0.2) is 6.29 Å². The van der Waals surface area contributed by atoms with E-state index in [1.165, 1.54) is 0 Å². The quantitative estimate of drug-likeness (QED) is 0.521. The van der Waals surface area contributed by atoms with Crippen LogP contribution in [0.2, 0.25) is 0 Å². The average molecular weight is 368 g/mol. The van der Waals surface area contributed by atoms with Gasteiger partial charge >= 0.3 is 5.97 Å². The Bertz CT molecular complexity index is 608. The van der Waals surface area contributed by atoms with Crippen molar-refractivity contribution in [1.82, 2.24) is 10.1 Å². The van der Waals surface area contributed by atoms with Gasteiger partial charge in [0.1, 0.15) is 0 Å². The summed E-state index contributed by atoms with van der Waals surface area (Å²) >= 11 is 0. The van der Waals surface area contributed by atoms with Crippen LogP contribution in [0, 0.1) is 11.8 Å². The molecule has 0 spiro atoms. The fourth-order valence-electron chi connectivity index (χ4n) is 3.33. The van der Waals surface area contributed by atoms with Crippen molar-refractivity contribution < 1.29 is 38.8 Å². The Kier molecular flexibility index (Phi) is 5.33. The maximum atomic E-state index is 12.1. The first-order valence-corrected chi connectivity index (χ1v) is 8.65. The molecule has 3 rings (SSSR count). The number of amides is 4. The predicted octanol–water partition coefficient (Wildman–Crippen LogP) is -0.201. The van der Waals surface area contributed by atoms with Crippen molar-refractivity contribution in [3.63, 3.8) is 0 Å². The van der Waals surface area contributed by atoms with Gasteiger partial charge in [-0.2, -0.15) is 5.06 Å². The molecule has 142 valence electrons. The van der Waals surface area contributed by atoms with Crippen molar-refractivity contribution in [2.24, 2.45) is 11.8 Å². The molecule has 10 nitrogen and oxygen atoms in total. The van der Waals surface area contributed by atoms with E-state index in [9.17, 15) is 29.1 Å². The standard InChI is InChI=1S/C16H20N2O8/c19-11-5-6-12(20)17(11)25-15(23)9-1-2-10(4-3-9)16(24)26-18-13(21)7-8-14(18)22/h9-10,15,23H,1-8H2/t9-,10-,15?. The van der Waals surface area contributed by atoms with Gasteiger partial charge in [0.2, 0.25) is 0 Å².